The number of aliphatic hydroxyl groups is 2. The number of aliphatic hydroxyl groups excluding tert-OH is 2. The van der Waals surface area contributed by atoms with Crippen molar-refractivity contribution in [2.45, 2.75) is 88.8 Å². The monoisotopic (exact) mass is 718 g/mol. The smallest absolute Gasteiger partial charge is 0.326 e. The maximum absolute atomic E-state index is 13.6. The molecule has 1 rings (SSSR count). The standard InChI is InChI=1S/C29H50N8O9S2/c1-15(2)10-20(34-24(40)18(30)6-8-47-4)25(41)35-21(11-17-12-31-14-32-17)26(42)37-23(16(3)39)28(44)36-22(13-38)27(43)33-19(29(45)46)7-9-48-5/h12,14-16,18-23,38-39H,6-11,13,30H2,1-5H3,(H,31,32)(H,33,43)(H,34,40)(H,35,41)(H,36,44)(H,37,42)(H,45,46)/t16-,18+,19+,20+,21+,22+,23+/m1/s1. The number of hydrogen-bond acceptors (Lipinski definition) is 12. The highest BCUT2D eigenvalue weighted by molar-refractivity contribution is 7.98. The van der Waals surface area contributed by atoms with E-state index in [0.29, 0.717) is 23.6 Å². The van der Waals surface area contributed by atoms with Crippen molar-refractivity contribution < 1.29 is 44.1 Å². The molecule has 0 saturated heterocycles. The molecule has 0 bridgehead atoms. The van der Waals surface area contributed by atoms with Gasteiger partial charge in [0.05, 0.1) is 25.1 Å². The number of hydrogen-bond donors (Lipinski definition) is 10. The molecule has 0 aliphatic carbocycles. The van der Waals surface area contributed by atoms with E-state index >= 15 is 0 Å². The van der Waals surface area contributed by atoms with E-state index in [1.54, 1.807) is 6.26 Å². The van der Waals surface area contributed by atoms with E-state index in [2.05, 4.69) is 36.6 Å². The van der Waals surface area contributed by atoms with Gasteiger partial charge in [0.15, 0.2) is 0 Å². The van der Waals surface area contributed by atoms with Crippen LogP contribution in [0.4, 0.5) is 0 Å². The lowest BCUT2D eigenvalue weighted by molar-refractivity contribution is -0.142. The predicted molar refractivity (Wildman–Crippen MR) is 182 cm³/mol. The molecular formula is C29H50N8O9S2. The topological polar surface area (TPSA) is 278 Å². The number of imidazole rings is 1. The van der Waals surface area contributed by atoms with Crippen LogP contribution in [-0.4, -0.2) is 134 Å². The highest BCUT2D eigenvalue weighted by Gasteiger charge is 2.34. The number of aromatic nitrogens is 2. The Bertz CT molecular complexity index is 1190. The van der Waals surface area contributed by atoms with Crippen LogP contribution in [0.1, 0.15) is 45.7 Å². The maximum Gasteiger partial charge on any atom is 0.326 e. The third-order valence-corrected chi connectivity index (χ3v) is 8.31. The molecule has 1 aromatic heterocycles. The molecule has 0 aliphatic rings. The van der Waals surface area contributed by atoms with Crippen LogP contribution in [0.15, 0.2) is 12.5 Å². The van der Waals surface area contributed by atoms with Gasteiger partial charge in [-0.2, -0.15) is 23.5 Å². The molecule has 0 unspecified atom stereocenters. The van der Waals surface area contributed by atoms with Crippen LogP contribution in [0.3, 0.4) is 0 Å². The first kappa shape index (κ1) is 42.6. The quantitative estimate of drug-likeness (QED) is 0.0572. The molecule has 0 aliphatic heterocycles. The minimum Gasteiger partial charge on any atom is -0.480 e. The molecule has 7 atom stereocenters. The molecule has 0 fully saturated rings. The summed E-state index contributed by atoms with van der Waals surface area (Å²) in [5.74, 6) is -4.39. The first-order valence-corrected chi connectivity index (χ1v) is 18.2. The molecular weight excluding hydrogens is 669 g/mol. The van der Waals surface area contributed by atoms with Gasteiger partial charge in [0, 0.05) is 18.3 Å². The number of amides is 5. The largest absolute Gasteiger partial charge is 0.480 e. The summed E-state index contributed by atoms with van der Waals surface area (Å²) in [5, 5.41) is 41.8. The lowest BCUT2D eigenvalue weighted by Gasteiger charge is -2.28. The molecule has 48 heavy (non-hydrogen) atoms. The molecule has 17 nitrogen and oxygen atoms in total. The minimum atomic E-state index is -1.66. The number of nitrogens with zero attached hydrogens (tertiary/aromatic N) is 1. The van der Waals surface area contributed by atoms with Crippen molar-refractivity contribution in [3.05, 3.63) is 18.2 Å². The Balaban J connectivity index is 3.16. The number of nitrogens with one attached hydrogen (secondary N) is 6. The van der Waals surface area contributed by atoms with E-state index in [1.807, 2.05) is 20.1 Å². The van der Waals surface area contributed by atoms with Gasteiger partial charge in [0.1, 0.15) is 30.2 Å². The SMILES string of the molecule is CSCC[C@H](NC(=O)[C@H](CO)NC(=O)[C@@H](NC(=O)[C@H](Cc1cnc[nH]1)NC(=O)[C@H](CC(C)C)NC(=O)[C@@H](N)CCSC)[C@@H](C)O)C(=O)O. The van der Waals surface area contributed by atoms with Gasteiger partial charge in [-0.05, 0) is 56.1 Å². The van der Waals surface area contributed by atoms with Crippen molar-refractivity contribution in [1.82, 2.24) is 36.6 Å². The minimum absolute atomic E-state index is 0.0281. The molecule has 1 heterocycles. The van der Waals surface area contributed by atoms with Crippen LogP contribution >= 0.6 is 23.5 Å². The first-order chi connectivity index (χ1) is 22.6. The second-order valence-corrected chi connectivity index (χ2v) is 13.5. The van der Waals surface area contributed by atoms with Crippen molar-refractivity contribution in [1.29, 1.82) is 0 Å². The Hall–Kier alpha value is -3.39. The fourth-order valence-corrected chi connectivity index (χ4v) is 5.30. The Labute approximate surface area is 288 Å². The Morgan fingerprint density at radius 3 is 1.88 bits per heavy atom. The second kappa shape index (κ2) is 22.3. The predicted octanol–water partition coefficient (Wildman–Crippen LogP) is -2.29. The number of carboxylic acid groups (broad SMARTS) is 1. The molecule has 11 N–H and O–H groups in total. The summed E-state index contributed by atoms with van der Waals surface area (Å²) in [6.45, 7) is 4.01. The molecule has 5 amide bonds. The van der Waals surface area contributed by atoms with Crippen LogP contribution < -0.4 is 32.3 Å². The highest BCUT2D eigenvalue weighted by Crippen LogP contribution is 2.09. The first-order valence-electron chi connectivity index (χ1n) is 15.4. The number of aliphatic carboxylic acids is 1. The van der Waals surface area contributed by atoms with Gasteiger partial charge in [0.2, 0.25) is 29.5 Å². The summed E-state index contributed by atoms with van der Waals surface area (Å²) in [5.41, 5.74) is 6.44. The lowest BCUT2D eigenvalue weighted by atomic mass is 10.0. The van der Waals surface area contributed by atoms with E-state index in [-0.39, 0.29) is 25.2 Å². The second-order valence-electron chi connectivity index (χ2n) is 11.6. The van der Waals surface area contributed by atoms with Gasteiger partial charge in [-0.25, -0.2) is 9.78 Å². The van der Waals surface area contributed by atoms with Gasteiger partial charge >= 0.3 is 5.97 Å². The van der Waals surface area contributed by atoms with E-state index < -0.39 is 84.5 Å². The third-order valence-electron chi connectivity index (χ3n) is 7.03. The zero-order chi connectivity index (χ0) is 36.4. The van der Waals surface area contributed by atoms with Crippen LogP contribution in [0, 0.1) is 5.92 Å². The summed E-state index contributed by atoms with van der Waals surface area (Å²) >= 11 is 2.89. The maximum atomic E-state index is 13.6. The molecule has 19 heteroatoms. The number of aromatic amines is 1. The number of rotatable bonds is 23. The number of nitrogens with two attached hydrogens (primary N) is 1. The van der Waals surface area contributed by atoms with Crippen molar-refractivity contribution in [2.75, 3.05) is 30.6 Å². The van der Waals surface area contributed by atoms with E-state index in [0.717, 1.165) is 0 Å². The summed E-state index contributed by atoms with van der Waals surface area (Å²) < 4.78 is 0. The molecule has 0 aromatic carbocycles. The Morgan fingerprint density at radius 1 is 0.812 bits per heavy atom. The summed E-state index contributed by atoms with van der Waals surface area (Å²) in [6, 6.07) is -7.74. The van der Waals surface area contributed by atoms with E-state index in [9.17, 15) is 44.1 Å². The summed E-state index contributed by atoms with van der Waals surface area (Å²) in [7, 11) is 0. The molecule has 272 valence electrons. The number of carbonyl (C=O) groups excluding carboxylic acids is 5. The van der Waals surface area contributed by atoms with Gasteiger partial charge in [-0.15, -0.1) is 0 Å². The van der Waals surface area contributed by atoms with Crippen LogP contribution in [-0.2, 0) is 35.2 Å². The van der Waals surface area contributed by atoms with Crippen LogP contribution in [0.2, 0.25) is 0 Å². The Morgan fingerprint density at radius 2 is 1.35 bits per heavy atom. The van der Waals surface area contributed by atoms with E-state index in [4.69, 9.17) is 5.73 Å². The van der Waals surface area contributed by atoms with Gasteiger partial charge < -0.3 is 52.6 Å². The average Bonchev–Trinajstić information content (AvgIpc) is 3.54. The van der Waals surface area contributed by atoms with Crippen molar-refractivity contribution >= 4 is 59.0 Å². The van der Waals surface area contributed by atoms with Crippen molar-refractivity contribution in [3.8, 4) is 0 Å². The summed E-state index contributed by atoms with van der Waals surface area (Å²) in [4.78, 5) is 84.0. The molecule has 0 spiro atoms. The van der Waals surface area contributed by atoms with Gasteiger partial charge in [-0.3, -0.25) is 24.0 Å². The van der Waals surface area contributed by atoms with E-state index in [1.165, 1.54) is 43.0 Å². The number of carboxylic acids is 1. The fraction of sp³-hybridized carbons (Fsp3) is 0.690. The van der Waals surface area contributed by atoms with Crippen LogP contribution in [0.5, 0.6) is 0 Å². The van der Waals surface area contributed by atoms with Gasteiger partial charge in [-0.1, -0.05) is 13.8 Å². The fourth-order valence-electron chi connectivity index (χ4n) is 4.34. The lowest BCUT2D eigenvalue weighted by Crippen LogP contribution is -2.62. The molecule has 0 radical (unpaired) electrons. The number of H-pyrrole nitrogens is 1. The zero-order valence-electron chi connectivity index (χ0n) is 27.9. The van der Waals surface area contributed by atoms with Crippen molar-refractivity contribution in [3.63, 3.8) is 0 Å². The summed E-state index contributed by atoms with van der Waals surface area (Å²) in [6.07, 6.45) is 5.53. The highest BCUT2D eigenvalue weighted by atomic mass is 32.2. The zero-order valence-corrected chi connectivity index (χ0v) is 29.5. The third kappa shape index (κ3) is 15.2. The number of thioether (sulfide) groups is 2. The molecule has 1 aromatic rings. The number of carbonyl (C=O) groups is 6. The normalized spacial score (nSPS) is 15.6. The Kier molecular flexibility index (Phi) is 19.8. The van der Waals surface area contributed by atoms with Crippen LogP contribution in [0.25, 0.3) is 0 Å². The average molecular weight is 719 g/mol. The van der Waals surface area contributed by atoms with Crippen molar-refractivity contribution in [2.24, 2.45) is 11.7 Å². The van der Waals surface area contributed by atoms with Gasteiger partial charge in [0.25, 0.3) is 0 Å². The molecule has 0 saturated carbocycles.